The fourth-order valence-corrected chi connectivity index (χ4v) is 3.55. The van der Waals surface area contributed by atoms with E-state index in [9.17, 15) is 8.42 Å². The van der Waals surface area contributed by atoms with Crippen LogP contribution in [0.2, 0.25) is 0 Å². The van der Waals surface area contributed by atoms with Crippen LogP contribution in [0.4, 0.5) is 0 Å². The zero-order chi connectivity index (χ0) is 15.6. The summed E-state index contributed by atoms with van der Waals surface area (Å²) < 4.78 is 28.2. The van der Waals surface area contributed by atoms with Crippen molar-refractivity contribution in [1.29, 1.82) is 0 Å². The van der Waals surface area contributed by atoms with Gasteiger partial charge in [-0.15, -0.1) is 0 Å². The Morgan fingerprint density at radius 3 is 2.57 bits per heavy atom. The van der Waals surface area contributed by atoms with Crippen LogP contribution >= 0.6 is 0 Å². The molecule has 0 aliphatic heterocycles. The normalized spacial score (nSPS) is 12.0. The van der Waals surface area contributed by atoms with E-state index in [0.29, 0.717) is 17.0 Å². The molecule has 0 saturated heterocycles. The van der Waals surface area contributed by atoms with E-state index in [-0.39, 0.29) is 6.54 Å². The van der Waals surface area contributed by atoms with E-state index in [1.807, 2.05) is 6.07 Å². The molecule has 0 bridgehead atoms. The van der Waals surface area contributed by atoms with Crippen molar-refractivity contribution in [3.8, 4) is 0 Å². The second-order valence-corrected chi connectivity index (χ2v) is 7.10. The summed E-state index contributed by atoms with van der Waals surface area (Å²) in [5.41, 5.74) is 8.04. The highest BCUT2D eigenvalue weighted by Crippen LogP contribution is 2.21. The lowest BCUT2D eigenvalue weighted by atomic mass is 10.1. The van der Waals surface area contributed by atoms with Crippen LogP contribution in [0, 0.1) is 6.92 Å². The first kappa shape index (κ1) is 15.7. The van der Waals surface area contributed by atoms with Crippen LogP contribution in [0.15, 0.2) is 35.5 Å². The minimum atomic E-state index is -3.53. The van der Waals surface area contributed by atoms with E-state index >= 15 is 0 Å². The van der Waals surface area contributed by atoms with Gasteiger partial charge in [-0.3, -0.25) is 4.68 Å². The minimum absolute atomic E-state index is 0.286. The van der Waals surface area contributed by atoms with Gasteiger partial charge in [0.1, 0.15) is 0 Å². The average molecular weight is 308 g/mol. The molecule has 7 heteroatoms. The molecule has 0 spiro atoms. The number of nitrogens with zero attached hydrogens (tertiary/aromatic N) is 3. The third kappa shape index (κ3) is 3.31. The predicted octanol–water partition coefficient (Wildman–Crippen LogP) is 1.01. The summed E-state index contributed by atoms with van der Waals surface area (Å²) in [7, 11) is -0.161. The highest BCUT2D eigenvalue weighted by atomic mass is 32.2. The van der Waals surface area contributed by atoms with Crippen molar-refractivity contribution in [3.05, 3.63) is 47.3 Å². The summed E-state index contributed by atoms with van der Waals surface area (Å²) in [5, 5.41) is 4.05. The van der Waals surface area contributed by atoms with Gasteiger partial charge in [0.15, 0.2) is 0 Å². The molecule has 0 radical (unpaired) electrons. The molecule has 6 nitrogen and oxygen atoms in total. The number of aryl methyl sites for hydroxylation is 2. The molecule has 0 unspecified atom stereocenters. The molecule has 1 aromatic carbocycles. The predicted molar refractivity (Wildman–Crippen MR) is 80.9 cm³/mol. The summed E-state index contributed by atoms with van der Waals surface area (Å²) >= 11 is 0. The molecule has 1 aromatic heterocycles. The second kappa shape index (κ2) is 5.97. The third-order valence-electron chi connectivity index (χ3n) is 3.33. The van der Waals surface area contributed by atoms with E-state index in [4.69, 9.17) is 5.73 Å². The van der Waals surface area contributed by atoms with E-state index < -0.39 is 10.0 Å². The summed E-state index contributed by atoms with van der Waals surface area (Å²) in [6.07, 6.45) is 3.47. The largest absolute Gasteiger partial charge is 0.326 e. The molecule has 0 atom stereocenters. The quantitative estimate of drug-likeness (QED) is 0.894. The van der Waals surface area contributed by atoms with Gasteiger partial charge in [0.25, 0.3) is 0 Å². The number of rotatable bonds is 5. The first-order valence-corrected chi connectivity index (χ1v) is 8.02. The topological polar surface area (TPSA) is 81.2 Å². The highest BCUT2D eigenvalue weighted by Gasteiger charge is 2.23. The maximum absolute atomic E-state index is 12.6. The van der Waals surface area contributed by atoms with Gasteiger partial charge >= 0.3 is 0 Å². The van der Waals surface area contributed by atoms with Gasteiger partial charge in [-0.1, -0.05) is 12.1 Å². The number of hydrogen-bond donors (Lipinski definition) is 1. The van der Waals surface area contributed by atoms with Crippen LogP contribution in [-0.4, -0.2) is 29.6 Å². The van der Waals surface area contributed by atoms with E-state index in [0.717, 1.165) is 11.1 Å². The third-order valence-corrected chi connectivity index (χ3v) is 5.29. The molecule has 1 heterocycles. The molecule has 0 aliphatic carbocycles. The molecule has 114 valence electrons. The van der Waals surface area contributed by atoms with Crippen molar-refractivity contribution >= 4 is 10.0 Å². The molecule has 2 N–H and O–H groups in total. The molecule has 21 heavy (non-hydrogen) atoms. The van der Waals surface area contributed by atoms with Crippen LogP contribution in [0.5, 0.6) is 0 Å². The van der Waals surface area contributed by atoms with Crippen LogP contribution in [0.3, 0.4) is 0 Å². The van der Waals surface area contributed by atoms with Crippen molar-refractivity contribution in [2.75, 3.05) is 7.05 Å². The highest BCUT2D eigenvalue weighted by molar-refractivity contribution is 7.89. The van der Waals surface area contributed by atoms with E-state index in [2.05, 4.69) is 5.10 Å². The van der Waals surface area contributed by atoms with Gasteiger partial charge in [0, 0.05) is 38.9 Å². The van der Waals surface area contributed by atoms with Crippen molar-refractivity contribution in [2.24, 2.45) is 12.8 Å². The molecule has 0 aliphatic rings. The molecule has 0 amide bonds. The smallest absolute Gasteiger partial charge is 0.243 e. The van der Waals surface area contributed by atoms with Gasteiger partial charge in [-0.05, 0) is 24.1 Å². The van der Waals surface area contributed by atoms with Gasteiger partial charge in [0.2, 0.25) is 10.0 Å². The number of sulfonamides is 1. The first-order chi connectivity index (χ1) is 9.84. The van der Waals surface area contributed by atoms with E-state index in [1.165, 1.54) is 4.31 Å². The average Bonchev–Trinajstić information content (AvgIpc) is 2.83. The Morgan fingerprint density at radius 2 is 2.05 bits per heavy atom. The monoisotopic (exact) mass is 308 g/mol. The van der Waals surface area contributed by atoms with Crippen molar-refractivity contribution in [1.82, 2.24) is 14.1 Å². The Morgan fingerprint density at radius 1 is 1.33 bits per heavy atom. The van der Waals surface area contributed by atoms with Crippen molar-refractivity contribution < 1.29 is 8.42 Å². The molecule has 0 fully saturated rings. The fourth-order valence-electron chi connectivity index (χ4n) is 2.19. The number of nitrogens with two attached hydrogens (primary N) is 1. The summed E-state index contributed by atoms with van der Waals surface area (Å²) in [6.45, 7) is 2.46. The second-order valence-electron chi connectivity index (χ2n) is 5.09. The summed E-state index contributed by atoms with van der Waals surface area (Å²) in [4.78, 5) is 0.311. The summed E-state index contributed by atoms with van der Waals surface area (Å²) in [5.74, 6) is 0. The lowest BCUT2D eigenvalue weighted by Crippen LogP contribution is -2.27. The van der Waals surface area contributed by atoms with Crippen LogP contribution in [0.25, 0.3) is 0 Å². The van der Waals surface area contributed by atoms with Crippen LogP contribution in [-0.2, 0) is 30.2 Å². The number of aromatic nitrogens is 2. The van der Waals surface area contributed by atoms with Crippen molar-refractivity contribution in [3.63, 3.8) is 0 Å². The minimum Gasteiger partial charge on any atom is -0.326 e. The van der Waals surface area contributed by atoms with Gasteiger partial charge in [0.05, 0.1) is 11.1 Å². The van der Waals surface area contributed by atoms with Crippen molar-refractivity contribution in [2.45, 2.75) is 24.9 Å². The Kier molecular flexibility index (Phi) is 4.46. The first-order valence-electron chi connectivity index (χ1n) is 6.58. The SMILES string of the molecule is Cc1cc(CN)ccc1S(=O)(=O)N(C)Cc1cnn(C)c1. The molecular weight excluding hydrogens is 288 g/mol. The number of hydrogen-bond acceptors (Lipinski definition) is 4. The molecular formula is C14H20N4O2S. The Bertz CT molecular complexity index is 737. The fraction of sp³-hybridized carbons (Fsp3) is 0.357. The molecule has 2 aromatic rings. The lowest BCUT2D eigenvalue weighted by Gasteiger charge is -2.18. The zero-order valence-corrected chi connectivity index (χ0v) is 13.3. The van der Waals surface area contributed by atoms with E-state index in [1.54, 1.807) is 50.2 Å². The zero-order valence-electron chi connectivity index (χ0n) is 12.4. The van der Waals surface area contributed by atoms with Gasteiger partial charge < -0.3 is 5.73 Å². The molecule has 2 rings (SSSR count). The van der Waals surface area contributed by atoms with Gasteiger partial charge in [-0.2, -0.15) is 9.40 Å². The molecule has 0 saturated carbocycles. The van der Waals surface area contributed by atoms with Gasteiger partial charge in [-0.25, -0.2) is 8.42 Å². The Labute approximate surface area is 125 Å². The lowest BCUT2D eigenvalue weighted by molar-refractivity contribution is 0.466. The summed E-state index contributed by atoms with van der Waals surface area (Å²) in [6, 6.07) is 5.18. The van der Waals surface area contributed by atoms with Crippen LogP contribution < -0.4 is 5.73 Å². The number of benzene rings is 1. The maximum Gasteiger partial charge on any atom is 0.243 e. The maximum atomic E-state index is 12.6. The van der Waals surface area contributed by atoms with Crippen LogP contribution in [0.1, 0.15) is 16.7 Å². The standard InChI is InChI=1S/C14H20N4O2S/c1-11-6-12(7-15)4-5-14(11)21(19,20)18(3)10-13-8-16-17(2)9-13/h4-6,8-9H,7,10,15H2,1-3H3. The Balaban J connectivity index is 2.28. The Hall–Kier alpha value is -1.70.